The number of rotatable bonds is 2. The summed E-state index contributed by atoms with van der Waals surface area (Å²) >= 11 is 3.75. The predicted octanol–water partition coefficient (Wildman–Crippen LogP) is 2.03. The molecule has 0 aliphatic carbocycles. The third kappa shape index (κ3) is 1.72. The van der Waals surface area contributed by atoms with Crippen molar-refractivity contribution in [2.45, 2.75) is 4.90 Å². The van der Waals surface area contributed by atoms with E-state index in [0.29, 0.717) is 0 Å². The number of methoxy groups -OCH3 is 1. The lowest BCUT2D eigenvalue weighted by Crippen LogP contribution is -1.95. The molecule has 0 heterocycles. The van der Waals surface area contributed by atoms with E-state index in [4.69, 9.17) is 4.74 Å². The number of benzene rings is 1. The largest absolute Gasteiger partial charge is 0.495 e. The summed E-state index contributed by atoms with van der Waals surface area (Å²) < 4.78 is 17.8. The van der Waals surface area contributed by atoms with E-state index in [9.17, 15) is 14.5 Å². The first-order valence-electron chi connectivity index (χ1n) is 3.27. The third-order valence-corrected chi connectivity index (χ3v) is 1.89. The zero-order chi connectivity index (χ0) is 10.0. The molecule has 0 N–H and O–H groups in total. The second-order valence-electron chi connectivity index (χ2n) is 2.21. The Balaban J connectivity index is 3.31. The van der Waals surface area contributed by atoms with Crippen LogP contribution in [0.25, 0.3) is 0 Å². The summed E-state index contributed by atoms with van der Waals surface area (Å²) in [6.45, 7) is 0. The normalized spacial score (nSPS) is 9.77. The summed E-state index contributed by atoms with van der Waals surface area (Å²) in [5.74, 6) is -0.806. The number of hydrogen-bond acceptors (Lipinski definition) is 4. The van der Waals surface area contributed by atoms with Crippen LogP contribution in [0.1, 0.15) is 0 Å². The van der Waals surface area contributed by atoms with E-state index < -0.39 is 16.4 Å². The molecule has 1 aromatic rings. The van der Waals surface area contributed by atoms with Crippen LogP contribution >= 0.6 is 12.6 Å². The first kappa shape index (κ1) is 9.79. The lowest BCUT2D eigenvalue weighted by Gasteiger charge is -2.03. The van der Waals surface area contributed by atoms with Crippen molar-refractivity contribution in [2.75, 3.05) is 7.11 Å². The number of halogens is 1. The maximum Gasteiger partial charge on any atom is 0.306 e. The Morgan fingerprint density at radius 3 is 2.69 bits per heavy atom. The molecule has 4 nitrogen and oxygen atoms in total. The minimum atomic E-state index is -0.979. The Morgan fingerprint density at radius 1 is 1.62 bits per heavy atom. The molecule has 0 aromatic heterocycles. The van der Waals surface area contributed by atoms with E-state index in [2.05, 4.69) is 12.6 Å². The van der Waals surface area contributed by atoms with Crippen LogP contribution in [0.15, 0.2) is 17.0 Å². The number of ether oxygens (including phenoxy) is 1. The molecule has 0 saturated carbocycles. The summed E-state index contributed by atoms with van der Waals surface area (Å²) in [4.78, 5) is 9.30. The van der Waals surface area contributed by atoms with Gasteiger partial charge in [-0.2, -0.15) is 4.39 Å². The lowest BCUT2D eigenvalue weighted by molar-refractivity contribution is -0.387. The molecular formula is C7H6FNO3S. The van der Waals surface area contributed by atoms with Crippen molar-refractivity contribution in [2.24, 2.45) is 0 Å². The van der Waals surface area contributed by atoms with E-state index in [-0.39, 0.29) is 10.6 Å². The van der Waals surface area contributed by atoms with Crippen LogP contribution in [-0.2, 0) is 0 Å². The average molecular weight is 203 g/mol. The highest BCUT2D eigenvalue weighted by molar-refractivity contribution is 7.80. The highest BCUT2D eigenvalue weighted by atomic mass is 32.1. The van der Waals surface area contributed by atoms with E-state index >= 15 is 0 Å². The van der Waals surface area contributed by atoms with Crippen molar-refractivity contribution < 1.29 is 14.1 Å². The number of nitro benzene ring substituents is 1. The molecule has 13 heavy (non-hydrogen) atoms. The molecule has 0 aliphatic heterocycles. The van der Waals surface area contributed by atoms with Gasteiger partial charge in [-0.15, -0.1) is 12.6 Å². The van der Waals surface area contributed by atoms with Crippen LogP contribution in [0.3, 0.4) is 0 Å². The molecule has 0 spiro atoms. The Bertz CT molecular complexity index is 356. The van der Waals surface area contributed by atoms with Gasteiger partial charge in [0.1, 0.15) is 5.75 Å². The molecule has 1 aromatic carbocycles. The van der Waals surface area contributed by atoms with Crippen molar-refractivity contribution in [3.63, 3.8) is 0 Å². The summed E-state index contributed by atoms with van der Waals surface area (Å²) in [5.41, 5.74) is -0.606. The Labute approximate surface area is 78.9 Å². The molecule has 6 heteroatoms. The van der Waals surface area contributed by atoms with Crippen LogP contribution < -0.4 is 4.74 Å². The second-order valence-corrected chi connectivity index (χ2v) is 2.65. The van der Waals surface area contributed by atoms with Crippen molar-refractivity contribution in [3.8, 4) is 5.75 Å². The molecular weight excluding hydrogens is 197 g/mol. The van der Waals surface area contributed by atoms with Gasteiger partial charge >= 0.3 is 5.69 Å². The van der Waals surface area contributed by atoms with Crippen LogP contribution in [0, 0.1) is 15.9 Å². The first-order valence-corrected chi connectivity index (χ1v) is 3.72. The standard InChI is InChI=1S/C7H6FNO3S/c1-12-5-3-2-4(9(10)11)6(8)7(5)13/h2-3,13H,1H3. The molecule has 0 bridgehead atoms. The zero-order valence-corrected chi connectivity index (χ0v) is 7.55. The predicted molar refractivity (Wildman–Crippen MR) is 46.9 cm³/mol. The van der Waals surface area contributed by atoms with Gasteiger partial charge in [0.25, 0.3) is 0 Å². The first-order chi connectivity index (χ1) is 6.07. The van der Waals surface area contributed by atoms with Crippen LogP contribution in [-0.4, -0.2) is 12.0 Å². The smallest absolute Gasteiger partial charge is 0.306 e. The lowest BCUT2D eigenvalue weighted by atomic mass is 10.3. The Morgan fingerprint density at radius 2 is 2.23 bits per heavy atom. The number of thiol groups is 1. The van der Waals surface area contributed by atoms with Gasteiger partial charge in [-0.25, -0.2) is 0 Å². The molecule has 0 saturated heterocycles. The maximum absolute atomic E-state index is 13.1. The minimum absolute atomic E-state index is 0.156. The molecule has 0 aliphatic rings. The molecule has 0 radical (unpaired) electrons. The van der Waals surface area contributed by atoms with Gasteiger partial charge in [-0.05, 0) is 6.07 Å². The van der Waals surface area contributed by atoms with Gasteiger partial charge < -0.3 is 4.74 Å². The van der Waals surface area contributed by atoms with Crippen molar-refractivity contribution in [3.05, 3.63) is 28.1 Å². The summed E-state index contributed by atoms with van der Waals surface area (Å²) in [6.07, 6.45) is 0. The fourth-order valence-corrected chi connectivity index (χ4v) is 1.12. The van der Waals surface area contributed by atoms with Gasteiger partial charge in [0, 0.05) is 6.07 Å². The molecule has 0 atom stereocenters. The Hall–Kier alpha value is -1.30. The summed E-state index contributed by atoms with van der Waals surface area (Å²) in [7, 11) is 1.33. The van der Waals surface area contributed by atoms with Crippen LogP contribution in [0.2, 0.25) is 0 Å². The fraction of sp³-hybridized carbons (Fsp3) is 0.143. The Kier molecular flexibility index (Phi) is 2.72. The van der Waals surface area contributed by atoms with Gasteiger partial charge in [-0.1, -0.05) is 0 Å². The highest BCUT2D eigenvalue weighted by Crippen LogP contribution is 2.31. The topological polar surface area (TPSA) is 52.4 Å². The van der Waals surface area contributed by atoms with E-state index in [1.807, 2.05) is 0 Å². The van der Waals surface area contributed by atoms with Crippen molar-refractivity contribution >= 4 is 18.3 Å². The van der Waals surface area contributed by atoms with Gasteiger partial charge in [0.05, 0.1) is 16.9 Å². The summed E-state index contributed by atoms with van der Waals surface area (Å²) in [5, 5.41) is 10.3. The second kappa shape index (κ2) is 3.61. The van der Waals surface area contributed by atoms with Gasteiger partial charge in [0.2, 0.25) is 5.82 Å². The molecule has 0 amide bonds. The SMILES string of the molecule is COc1ccc([N+](=O)[O-])c(F)c1S. The molecule has 1 rings (SSSR count). The molecule has 0 unspecified atom stereocenters. The third-order valence-electron chi connectivity index (χ3n) is 1.48. The summed E-state index contributed by atoms with van der Waals surface area (Å²) in [6, 6.07) is 2.33. The zero-order valence-electron chi connectivity index (χ0n) is 6.65. The monoisotopic (exact) mass is 203 g/mol. The molecule has 70 valence electrons. The van der Waals surface area contributed by atoms with E-state index in [1.165, 1.54) is 13.2 Å². The van der Waals surface area contributed by atoms with E-state index in [1.54, 1.807) is 0 Å². The minimum Gasteiger partial charge on any atom is -0.495 e. The number of nitrogens with zero attached hydrogens (tertiary/aromatic N) is 1. The van der Waals surface area contributed by atoms with Gasteiger partial charge in [-0.3, -0.25) is 10.1 Å². The fourth-order valence-electron chi connectivity index (χ4n) is 0.842. The molecule has 0 fully saturated rings. The van der Waals surface area contributed by atoms with Crippen molar-refractivity contribution in [1.29, 1.82) is 0 Å². The quantitative estimate of drug-likeness (QED) is 0.454. The van der Waals surface area contributed by atoms with Gasteiger partial charge in [0.15, 0.2) is 0 Å². The van der Waals surface area contributed by atoms with Crippen molar-refractivity contribution in [1.82, 2.24) is 0 Å². The van der Waals surface area contributed by atoms with Crippen LogP contribution in [0.4, 0.5) is 10.1 Å². The van der Waals surface area contributed by atoms with E-state index in [0.717, 1.165) is 6.07 Å². The maximum atomic E-state index is 13.1. The highest BCUT2D eigenvalue weighted by Gasteiger charge is 2.19. The average Bonchev–Trinajstić information content (AvgIpc) is 2.09. The van der Waals surface area contributed by atoms with Crippen LogP contribution in [0.5, 0.6) is 5.75 Å². The number of nitro groups is 1. The number of hydrogen-bond donors (Lipinski definition) is 1.